The normalized spacial score (nSPS) is 19.4. The Kier molecular flexibility index (Phi) is 6.18. The number of hydrogen-bond donors (Lipinski definition) is 2. The summed E-state index contributed by atoms with van der Waals surface area (Å²) in [5.41, 5.74) is 1.76. The number of carbonyl (C=O) groups is 3. The lowest BCUT2D eigenvalue weighted by atomic mass is 9.84. The summed E-state index contributed by atoms with van der Waals surface area (Å²) in [6.07, 6.45) is 1.13. The fourth-order valence-electron chi connectivity index (χ4n) is 4.86. The molecule has 184 valence electrons. The van der Waals surface area contributed by atoms with E-state index in [2.05, 4.69) is 10.6 Å². The number of urea groups is 1. The Morgan fingerprint density at radius 3 is 2.61 bits per heavy atom. The van der Waals surface area contributed by atoms with Crippen molar-refractivity contribution in [3.8, 4) is 5.75 Å². The van der Waals surface area contributed by atoms with Gasteiger partial charge in [0.2, 0.25) is 5.91 Å². The number of hydrogen-bond acceptors (Lipinski definition) is 4. The van der Waals surface area contributed by atoms with Crippen molar-refractivity contribution in [3.05, 3.63) is 101 Å². The molecule has 3 aromatic rings. The molecular formula is C28H26FN3O4. The molecule has 3 aromatic carbocycles. The molecule has 1 saturated heterocycles. The van der Waals surface area contributed by atoms with Crippen LogP contribution in [0.4, 0.5) is 9.18 Å². The molecular weight excluding hydrogens is 461 g/mol. The smallest absolute Gasteiger partial charge is 0.325 e. The molecule has 0 aromatic heterocycles. The molecule has 4 amide bonds. The van der Waals surface area contributed by atoms with Gasteiger partial charge in [-0.1, -0.05) is 61.5 Å². The highest BCUT2D eigenvalue weighted by Crippen LogP contribution is 2.40. The monoisotopic (exact) mass is 487 g/mol. The second-order valence-corrected chi connectivity index (χ2v) is 8.97. The third kappa shape index (κ3) is 4.19. The zero-order valence-corrected chi connectivity index (χ0v) is 19.8. The number of imide groups is 1. The largest absolute Gasteiger partial charge is 0.493 e. The van der Waals surface area contributed by atoms with Gasteiger partial charge in [0, 0.05) is 12.0 Å². The number of fused-ring (bicyclic) bond motifs is 2. The Bertz CT molecular complexity index is 1330. The SMILES string of the molecule is CCc1ccc(C(NC(=O)CN2C(=O)NC3(CCOc4ccccc43)C2=O)c2cccc(F)c2)cc1. The van der Waals surface area contributed by atoms with Gasteiger partial charge in [-0.25, -0.2) is 9.18 Å². The number of aryl methyl sites for hydroxylation is 1. The minimum atomic E-state index is -1.26. The number of halogens is 1. The molecule has 1 fully saturated rings. The van der Waals surface area contributed by atoms with Gasteiger partial charge in [0.25, 0.3) is 5.91 Å². The first-order chi connectivity index (χ1) is 17.4. The van der Waals surface area contributed by atoms with Crippen LogP contribution in [0.25, 0.3) is 0 Å². The Morgan fingerprint density at radius 1 is 1.08 bits per heavy atom. The molecule has 0 radical (unpaired) electrons. The van der Waals surface area contributed by atoms with E-state index in [0.29, 0.717) is 16.9 Å². The zero-order valence-electron chi connectivity index (χ0n) is 19.8. The zero-order chi connectivity index (χ0) is 25.3. The van der Waals surface area contributed by atoms with Gasteiger partial charge in [-0.2, -0.15) is 0 Å². The summed E-state index contributed by atoms with van der Waals surface area (Å²) in [5.74, 6) is -0.922. The molecule has 2 heterocycles. The van der Waals surface area contributed by atoms with Crippen molar-refractivity contribution in [2.75, 3.05) is 13.2 Å². The van der Waals surface area contributed by atoms with Gasteiger partial charge in [-0.3, -0.25) is 14.5 Å². The molecule has 7 nitrogen and oxygen atoms in total. The Balaban J connectivity index is 1.39. The number of ether oxygens (including phenoxy) is 1. The molecule has 1 spiro atoms. The summed E-state index contributed by atoms with van der Waals surface area (Å²) >= 11 is 0. The van der Waals surface area contributed by atoms with Crippen LogP contribution in [0.5, 0.6) is 5.75 Å². The quantitative estimate of drug-likeness (QED) is 0.518. The fraction of sp³-hybridized carbons (Fsp3) is 0.250. The van der Waals surface area contributed by atoms with Gasteiger partial charge in [-0.05, 0) is 41.3 Å². The lowest BCUT2D eigenvalue weighted by Gasteiger charge is -2.33. The summed E-state index contributed by atoms with van der Waals surface area (Å²) in [7, 11) is 0. The van der Waals surface area contributed by atoms with E-state index in [9.17, 15) is 18.8 Å². The predicted molar refractivity (Wildman–Crippen MR) is 131 cm³/mol. The number of benzene rings is 3. The first kappa shape index (κ1) is 23.5. The minimum absolute atomic E-state index is 0.262. The van der Waals surface area contributed by atoms with Crippen LogP contribution in [0.2, 0.25) is 0 Å². The van der Waals surface area contributed by atoms with E-state index >= 15 is 0 Å². The second-order valence-electron chi connectivity index (χ2n) is 8.97. The van der Waals surface area contributed by atoms with E-state index in [1.165, 1.54) is 12.1 Å². The third-order valence-electron chi connectivity index (χ3n) is 6.77. The highest BCUT2D eigenvalue weighted by molar-refractivity contribution is 6.09. The molecule has 2 aliphatic heterocycles. The molecule has 8 heteroatoms. The number of rotatable bonds is 6. The maximum absolute atomic E-state index is 14.0. The van der Waals surface area contributed by atoms with Gasteiger partial charge in [0.05, 0.1) is 12.6 Å². The molecule has 0 saturated carbocycles. The summed E-state index contributed by atoms with van der Waals surface area (Å²) < 4.78 is 19.7. The van der Waals surface area contributed by atoms with Crippen molar-refractivity contribution in [1.82, 2.24) is 15.5 Å². The minimum Gasteiger partial charge on any atom is -0.493 e. The maximum Gasteiger partial charge on any atom is 0.325 e. The maximum atomic E-state index is 14.0. The summed E-state index contributed by atoms with van der Waals surface area (Å²) in [6.45, 7) is 1.84. The number of amides is 4. The lowest BCUT2D eigenvalue weighted by Crippen LogP contribution is -2.48. The highest BCUT2D eigenvalue weighted by atomic mass is 19.1. The van der Waals surface area contributed by atoms with E-state index in [1.807, 2.05) is 31.2 Å². The Hall–Kier alpha value is -4.20. The van der Waals surface area contributed by atoms with Crippen molar-refractivity contribution in [1.29, 1.82) is 0 Å². The second kappa shape index (κ2) is 9.45. The van der Waals surface area contributed by atoms with Gasteiger partial charge in [0.15, 0.2) is 5.54 Å². The number of carbonyl (C=O) groups excluding carboxylic acids is 3. The van der Waals surface area contributed by atoms with E-state index in [4.69, 9.17) is 4.74 Å². The predicted octanol–water partition coefficient (Wildman–Crippen LogP) is 3.82. The van der Waals surface area contributed by atoms with E-state index in [1.54, 1.807) is 36.4 Å². The standard InChI is InChI=1S/C28H26FN3O4/c1-2-18-10-12-19(13-11-18)25(20-6-5-7-21(29)16-20)30-24(33)17-32-26(34)28(31-27(32)35)14-15-36-23-9-4-3-8-22(23)28/h3-13,16,25H,2,14-15,17H2,1H3,(H,30,33)(H,31,35). The van der Waals surface area contributed by atoms with E-state index < -0.39 is 41.8 Å². The van der Waals surface area contributed by atoms with Crippen LogP contribution < -0.4 is 15.4 Å². The topological polar surface area (TPSA) is 87.7 Å². The average molecular weight is 488 g/mol. The van der Waals surface area contributed by atoms with Crippen molar-refractivity contribution in [3.63, 3.8) is 0 Å². The molecule has 5 rings (SSSR count). The molecule has 0 bridgehead atoms. The van der Waals surface area contributed by atoms with Crippen molar-refractivity contribution in [2.24, 2.45) is 0 Å². The van der Waals surface area contributed by atoms with Crippen LogP contribution in [-0.2, 0) is 21.5 Å². The molecule has 36 heavy (non-hydrogen) atoms. The third-order valence-corrected chi connectivity index (χ3v) is 6.77. The van der Waals surface area contributed by atoms with Gasteiger partial charge >= 0.3 is 6.03 Å². The molecule has 2 atom stereocenters. The van der Waals surface area contributed by atoms with Crippen LogP contribution in [0, 0.1) is 5.82 Å². The van der Waals surface area contributed by atoms with Crippen LogP contribution in [0.1, 0.15) is 41.6 Å². The van der Waals surface area contributed by atoms with Crippen LogP contribution in [0.3, 0.4) is 0 Å². The first-order valence-electron chi connectivity index (χ1n) is 11.9. The van der Waals surface area contributed by atoms with Crippen LogP contribution >= 0.6 is 0 Å². The van der Waals surface area contributed by atoms with Gasteiger partial charge in [0.1, 0.15) is 18.1 Å². The average Bonchev–Trinajstić information content (AvgIpc) is 3.12. The van der Waals surface area contributed by atoms with E-state index in [-0.39, 0.29) is 13.0 Å². The number of nitrogens with zero attached hydrogens (tertiary/aromatic N) is 1. The summed E-state index contributed by atoms with van der Waals surface area (Å²) in [5, 5.41) is 5.68. The Labute approximate surface area is 208 Å². The van der Waals surface area contributed by atoms with Crippen LogP contribution in [0.15, 0.2) is 72.8 Å². The molecule has 0 aliphatic carbocycles. The van der Waals surface area contributed by atoms with Crippen molar-refractivity contribution >= 4 is 17.8 Å². The van der Waals surface area contributed by atoms with Crippen LogP contribution in [-0.4, -0.2) is 35.9 Å². The van der Waals surface area contributed by atoms with Crippen molar-refractivity contribution < 1.29 is 23.5 Å². The number of para-hydroxylation sites is 1. The Morgan fingerprint density at radius 2 is 1.86 bits per heavy atom. The van der Waals surface area contributed by atoms with Crippen molar-refractivity contribution in [2.45, 2.75) is 31.3 Å². The first-order valence-corrected chi connectivity index (χ1v) is 11.9. The summed E-state index contributed by atoms with van der Waals surface area (Å²) in [4.78, 5) is 40.5. The molecule has 2 unspecified atom stereocenters. The fourth-order valence-corrected chi connectivity index (χ4v) is 4.86. The lowest BCUT2D eigenvalue weighted by molar-refractivity contribution is -0.136. The summed E-state index contributed by atoms with van der Waals surface area (Å²) in [6, 6.07) is 19.5. The molecule has 2 aliphatic rings. The highest BCUT2D eigenvalue weighted by Gasteiger charge is 2.55. The molecule has 2 N–H and O–H groups in total. The number of nitrogens with one attached hydrogen (secondary N) is 2. The van der Waals surface area contributed by atoms with E-state index in [0.717, 1.165) is 22.4 Å². The van der Waals surface area contributed by atoms with Gasteiger partial charge in [-0.15, -0.1) is 0 Å². The van der Waals surface area contributed by atoms with Gasteiger partial charge < -0.3 is 15.4 Å².